The number of hydrogen-bond acceptors (Lipinski definition) is 4. The summed E-state index contributed by atoms with van der Waals surface area (Å²) in [5, 5.41) is 0. The van der Waals surface area contributed by atoms with E-state index in [2.05, 4.69) is 25.6 Å². The van der Waals surface area contributed by atoms with Gasteiger partial charge in [-0.2, -0.15) is 0 Å². The molecule has 0 saturated carbocycles. The smallest absolute Gasteiger partial charge is 0.263 e. The highest BCUT2D eigenvalue weighted by Gasteiger charge is 2.18. The van der Waals surface area contributed by atoms with Crippen molar-refractivity contribution in [2.45, 2.75) is 11.8 Å². The van der Waals surface area contributed by atoms with Crippen LogP contribution in [0, 0.1) is 6.92 Å². The Labute approximate surface area is 136 Å². The number of anilines is 1. The highest BCUT2D eigenvalue weighted by atomic mass is 79.9. The number of hydrogen-bond donors (Lipinski definition) is 2. The summed E-state index contributed by atoms with van der Waals surface area (Å²) in [6, 6.07) is 6.62. The number of aryl methyl sites for hydroxylation is 1. The van der Waals surface area contributed by atoms with Crippen LogP contribution in [0.25, 0.3) is 0 Å². The fraction of sp³-hybridized carbons (Fsp3) is 0.0769. The Kier molecular flexibility index (Phi) is 4.60. The third-order valence-corrected chi connectivity index (χ3v) is 4.72. The molecule has 0 aliphatic heterocycles. The molecular formula is C13H12BrN3O2S2. The summed E-state index contributed by atoms with van der Waals surface area (Å²) in [4.78, 5) is 4.04. The normalized spacial score (nSPS) is 11.1. The Bertz CT molecular complexity index is 807. The Morgan fingerprint density at radius 2 is 2.10 bits per heavy atom. The molecule has 0 fully saturated rings. The number of halogens is 1. The molecule has 1 heterocycles. The number of aromatic nitrogens is 1. The number of sulfonamides is 1. The summed E-state index contributed by atoms with van der Waals surface area (Å²) in [6.07, 6.45) is 2.77. The maximum absolute atomic E-state index is 12.4. The van der Waals surface area contributed by atoms with E-state index in [1.54, 1.807) is 12.1 Å². The number of rotatable bonds is 4. The van der Waals surface area contributed by atoms with E-state index in [0.29, 0.717) is 15.7 Å². The highest BCUT2D eigenvalue weighted by molar-refractivity contribution is 9.10. The third-order valence-electron chi connectivity index (χ3n) is 2.75. The topological polar surface area (TPSA) is 85.1 Å². The zero-order valence-corrected chi connectivity index (χ0v) is 14.2. The van der Waals surface area contributed by atoms with Gasteiger partial charge in [-0.15, -0.1) is 0 Å². The van der Waals surface area contributed by atoms with Crippen molar-refractivity contribution in [3.63, 3.8) is 0 Å². The van der Waals surface area contributed by atoms with E-state index < -0.39 is 10.0 Å². The van der Waals surface area contributed by atoms with Gasteiger partial charge in [-0.1, -0.05) is 24.4 Å². The lowest BCUT2D eigenvalue weighted by Gasteiger charge is -2.13. The molecule has 21 heavy (non-hydrogen) atoms. The lowest BCUT2D eigenvalue weighted by Crippen LogP contribution is -2.19. The molecule has 8 heteroatoms. The zero-order chi connectivity index (χ0) is 15.6. The van der Waals surface area contributed by atoms with Crippen molar-refractivity contribution in [1.29, 1.82) is 0 Å². The maximum Gasteiger partial charge on any atom is 0.263 e. The molecule has 0 radical (unpaired) electrons. The fourth-order valence-electron chi connectivity index (χ4n) is 1.82. The molecule has 0 amide bonds. The van der Waals surface area contributed by atoms with E-state index in [1.165, 1.54) is 18.5 Å². The van der Waals surface area contributed by atoms with Crippen LogP contribution in [0.4, 0.5) is 5.69 Å². The van der Waals surface area contributed by atoms with Gasteiger partial charge in [0.1, 0.15) is 9.88 Å². The first kappa shape index (κ1) is 15.9. The second kappa shape index (κ2) is 6.08. The second-order valence-corrected chi connectivity index (χ2v) is 7.34. The molecule has 110 valence electrons. The van der Waals surface area contributed by atoms with Crippen LogP contribution in [0.1, 0.15) is 11.1 Å². The summed E-state index contributed by atoms with van der Waals surface area (Å²) < 4.78 is 27.8. The van der Waals surface area contributed by atoms with Crippen LogP contribution in [-0.4, -0.2) is 18.4 Å². The van der Waals surface area contributed by atoms with E-state index in [-0.39, 0.29) is 9.88 Å². The van der Waals surface area contributed by atoms with Gasteiger partial charge in [-0.25, -0.2) is 8.42 Å². The molecule has 0 aliphatic rings. The van der Waals surface area contributed by atoms with Gasteiger partial charge in [0.25, 0.3) is 10.0 Å². The first-order valence-corrected chi connectivity index (χ1v) is 8.52. The van der Waals surface area contributed by atoms with E-state index in [1.807, 2.05) is 13.0 Å². The molecule has 0 unspecified atom stereocenters. The fourth-order valence-corrected chi connectivity index (χ4v) is 3.67. The van der Waals surface area contributed by atoms with Gasteiger partial charge in [0.2, 0.25) is 0 Å². The van der Waals surface area contributed by atoms with Crippen LogP contribution >= 0.6 is 28.1 Å². The summed E-state index contributed by atoms with van der Waals surface area (Å²) in [5.74, 6) is 0. The molecule has 0 spiro atoms. The largest absolute Gasteiger partial charge is 0.389 e. The number of benzene rings is 1. The Morgan fingerprint density at radius 3 is 2.71 bits per heavy atom. The zero-order valence-electron chi connectivity index (χ0n) is 11.0. The van der Waals surface area contributed by atoms with Gasteiger partial charge < -0.3 is 5.73 Å². The lowest BCUT2D eigenvalue weighted by molar-refractivity contribution is 0.600. The van der Waals surface area contributed by atoms with E-state index in [0.717, 1.165) is 5.56 Å². The summed E-state index contributed by atoms with van der Waals surface area (Å²) in [7, 11) is -3.77. The first-order valence-electron chi connectivity index (χ1n) is 5.84. The van der Waals surface area contributed by atoms with Crippen molar-refractivity contribution in [3.05, 3.63) is 52.3 Å². The molecule has 5 nitrogen and oxygen atoms in total. The van der Waals surface area contributed by atoms with E-state index >= 15 is 0 Å². The quantitative estimate of drug-likeness (QED) is 0.789. The van der Waals surface area contributed by atoms with Gasteiger partial charge in [0.15, 0.2) is 0 Å². The van der Waals surface area contributed by atoms with Gasteiger partial charge in [0, 0.05) is 22.4 Å². The summed E-state index contributed by atoms with van der Waals surface area (Å²) >= 11 is 8.18. The standard InChI is InChI=1S/C13H12BrN3O2S2/c1-8-3-2-4-11(12(8)13(15)20)17-21(18,19)10-5-9(14)6-16-7-10/h2-7,17H,1H3,(H2,15,20). The predicted octanol–water partition coefficient (Wildman–Crippen LogP) is 2.59. The average Bonchev–Trinajstić information content (AvgIpc) is 2.37. The van der Waals surface area contributed by atoms with Crippen molar-refractivity contribution in [1.82, 2.24) is 4.98 Å². The first-order chi connectivity index (χ1) is 9.81. The molecular weight excluding hydrogens is 374 g/mol. The third kappa shape index (κ3) is 3.58. The van der Waals surface area contributed by atoms with Gasteiger partial charge in [0.05, 0.1) is 5.69 Å². The summed E-state index contributed by atoms with van der Waals surface area (Å²) in [6.45, 7) is 1.81. The molecule has 1 aromatic heterocycles. The Hall–Kier alpha value is -1.51. The van der Waals surface area contributed by atoms with E-state index in [9.17, 15) is 8.42 Å². The van der Waals surface area contributed by atoms with E-state index in [4.69, 9.17) is 18.0 Å². The number of nitrogens with zero attached hydrogens (tertiary/aromatic N) is 1. The van der Waals surface area contributed by atoms with Crippen LogP contribution in [0.15, 0.2) is 46.0 Å². The number of thiocarbonyl (C=S) groups is 1. The number of nitrogens with two attached hydrogens (primary N) is 1. The van der Waals surface area contributed by atoms with Crippen molar-refractivity contribution in [2.24, 2.45) is 5.73 Å². The maximum atomic E-state index is 12.4. The molecule has 2 rings (SSSR count). The molecule has 0 saturated heterocycles. The molecule has 0 bridgehead atoms. The lowest BCUT2D eigenvalue weighted by atomic mass is 10.1. The second-order valence-electron chi connectivity index (χ2n) is 4.31. The van der Waals surface area contributed by atoms with Gasteiger partial charge >= 0.3 is 0 Å². The molecule has 3 N–H and O–H groups in total. The van der Waals surface area contributed by atoms with Gasteiger partial charge in [-0.3, -0.25) is 9.71 Å². The minimum Gasteiger partial charge on any atom is -0.389 e. The predicted molar refractivity (Wildman–Crippen MR) is 89.8 cm³/mol. The Morgan fingerprint density at radius 1 is 1.38 bits per heavy atom. The minimum absolute atomic E-state index is 0.0484. The van der Waals surface area contributed by atoms with Crippen LogP contribution in [0.3, 0.4) is 0 Å². The van der Waals surface area contributed by atoms with Crippen LogP contribution < -0.4 is 10.5 Å². The van der Waals surface area contributed by atoms with Crippen LogP contribution in [0.5, 0.6) is 0 Å². The Balaban J connectivity index is 2.47. The van der Waals surface area contributed by atoms with Crippen molar-refractivity contribution in [3.8, 4) is 0 Å². The molecule has 1 aromatic carbocycles. The van der Waals surface area contributed by atoms with Crippen molar-refractivity contribution < 1.29 is 8.42 Å². The van der Waals surface area contributed by atoms with Crippen LogP contribution in [0.2, 0.25) is 0 Å². The van der Waals surface area contributed by atoms with Crippen molar-refractivity contribution >= 4 is 48.8 Å². The molecule has 0 atom stereocenters. The average molecular weight is 386 g/mol. The molecule has 0 aliphatic carbocycles. The highest BCUT2D eigenvalue weighted by Crippen LogP contribution is 2.23. The van der Waals surface area contributed by atoms with Crippen molar-refractivity contribution in [2.75, 3.05) is 4.72 Å². The van der Waals surface area contributed by atoms with Crippen LogP contribution in [-0.2, 0) is 10.0 Å². The minimum atomic E-state index is -3.77. The van der Waals surface area contributed by atoms with Gasteiger partial charge in [-0.05, 0) is 40.5 Å². The monoisotopic (exact) mass is 385 g/mol. The molecule has 2 aromatic rings. The number of nitrogens with one attached hydrogen (secondary N) is 1. The number of pyridine rings is 1. The SMILES string of the molecule is Cc1cccc(NS(=O)(=O)c2cncc(Br)c2)c1C(N)=S. The summed E-state index contributed by atoms with van der Waals surface area (Å²) in [5.41, 5.74) is 7.34.